The van der Waals surface area contributed by atoms with Gasteiger partial charge in [-0.3, -0.25) is 4.98 Å². The minimum absolute atomic E-state index is 0.319. The van der Waals surface area contributed by atoms with E-state index in [1.165, 1.54) is 22.3 Å². The first-order chi connectivity index (χ1) is 8.69. The van der Waals surface area contributed by atoms with E-state index in [4.69, 9.17) is 0 Å². The molecule has 1 atom stereocenters. The third-order valence-electron chi connectivity index (χ3n) is 3.17. The molecule has 1 aromatic heterocycles. The molecule has 94 valence electrons. The molecule has 0 bridgehead atoms. The maximum absolute atomic E-state index is 4.27. The van der Waals surface area contributed by atoms with Crippen LogP contribution in [0.5, 0.6) is 0 Å². The van der Waals surface area contributed by atoms with Gasteiger partial charge in [0, 0.05) is 18.4 Å². The molecule has 0 fully saturated rings. The molecule has 0 saturated heterocycles. The Morgan fingerprint density at radius 3 is 2.61 bits per heavy atom. The number of aryl methyl sites for hydroxylation is 2. The van der Waals surface area contributed by atoms with Crippen molar-refractivity contribution < 1.29 is 0 Å². The van der Waals surface area contributed by atoms with Gasteiger partial charge in [-0.05, 0) is 44.0 Å². The lowest BCUT2D eigenvalue weighted by molar-refractivity contribution is 0.589. The molecular formula is C16H20N2. The summed E-state index contributed by atoms with van der Waals surface area (Å²) in [4.78, 5) is 4.27. The van der Waals surface area contributed by atoms with Crippen LogP contribution < -0.4 is 5.32 Å². The smallest absolute Gasteiger partial charge is 0.0373 e. The van der Waals surface area contributed by atoms with Crippen LogP contribution in [0.2, 0.25) is 0 Å². The molecule has 0 radical (unpaired) electrons. The van der Waals surface area contributed by atoms with Crippen LogP contribution in [0.1, 0.15) is 28.3 Å². The van der Waals surface area contributed by atoms with Gasteiger partial charge in [0.15, 0.2) is 0 Å². The Bertz CT molecular complexity index is 520. The number of benzene rings is 1. The third-order valence-corrected chi connectivity index (χ3v) is 3.17. The van der Waals surface area contributed by atoms with E-state index in [9.17, 15) is 0 Å². The van der Waals surface area contributed by atoms with E-state index in [1.54, 1.807) is 0 Å². The Morgan fingerprint density at radius 2 is 1.94 bits per heavy atom. The number of pyridine rings is 1. The summed E-state index contributed by atoms with van der Waals surface area (Å²) in [5.41, 5.74) is 5.12. The van der Waals surface area contributed by atoms with Crippen LogP contribution in [0.25, 0.3) is 0 Å². The highest BCUT2D eigenvalue weighted by Gasteiger charge is 2.10. The monoisotopic (exact) mass is 240 g/mol. The number of hydrogen-bond donors (Lipinski definition) is 1. The number of likely N-dealkylation sites (N-methyl/N-ethyl adjacent to an activating group) is 1. The van der Waals surface area contributed by atoms with Gasteiger partial charge in [-0.1, -0.05) is 35.9 Å². The maximum atomic E-state index is 4.27. The fourth-order valence-electron chi connectivity index (χ4n) is 2.23. The highest BCUT2D eigenvalue weighted by molar-refractivity contribution is 5.26. The average Bonchev–Trinajstić information content (AvgIpc) is 2.36. The van der Waals surface area contributed by atoms with Crippen LogP contribution in [0, 0.1) is 13.8 Å². The normalized spacial score (nSPS) is 12.4. The molecule has 18 heavy (non-hydrogen) atoms. The van der Waals surface area contributed by atoms with Gasteiger partial charge in [0.1, 0.15) is 0 Å². The summed E-state index contributed by atoms with van der Waals surface area (Å²) in [7, 11) is 2.00. The molecule has 2 aromatic rings. The van der Waals surface area contributed by atoms with Crippen LogP contribution in [0.4, 0.5) is 0 Å². The topological polar surface area (TPSA) is 24.9 Å². The van der Waals surface area contributed by atoms with Crippen LogP contribution >= 0.6 is 0 Å². The molecule has 0 amide bonds. The molecule has 1 N–H and O–H groups in total. The largest absolute Gasteiger partial charge is 0.313 e. The Kier molecular flexibility index (Phi) is 4.11. The Morgan fingerprint density at radius 1 is 1.11 bits per heavy atom. The summed E-state index contributed by atoms with van der Waals surface area (Å²) in [6, 6.07) is 11.2. The van der Waals surface area contributed by atoms with Gasteiger partial charge < -0.3 is 5.32 Å². The van der Waals surface area contributed by atoms with Crippen molar-refractivity contribution in [3.05, 3.63) is 65.0 Å². The van der Waals surface area contributed by atoms with Gasteiger partial charge in [0.05, 0.1) is 0 Å². The molecule has 2 nitrogen and oxygen atoms in total. The van der Waals surface area contributed by atoms with E-state index in [2.05, 4.69) is 54.5 Å². The van der Waals surface area contributed by atoms with Crippen molar-refractivity contribution in [1.82, 2.24) is 10.3 Å². The average molecular weight is 240 g/mol. The second-order valence-corrected chi connectivity index (χ2v) is 4.83. The van der Waals surface area contributed by atoms with Crippen molar-refractivity contribution in [2.45, 2.75) is 26.3 Å². The molecule has 1 heterocycles. The van der Waals surface area contributed by atoms with Gasteiger partial charge in [-0.15, -0.1) is 0 Å². The summed E-state index contributed by atoms with van der Waals surface area (Å²) in [6.45, 7) is 4.21. The lowest BCUT2D eigenvalue weighted by Crippen LogP contribution is -2.19. The zero-order chi connectivity index (χ0) is 13.0. The number of nitrogens with one attached hydrogen (secondary N) is 1. The highest BCUT2D eigenvalue weighted by Crippen LogP contribution is 2.18. The zero-order valence-corrected chi connectivity index (χ0v) is 11.3. The van der Waals surface area contributed by atoms with Crippen molar-refractivity contribution >= 4 is 0 Å². The predicted molar refractivity (Wildman–Crippen MR) is 75.7 cm³/mol. The first-order valence-electron chi connectivity index (χ1n) is 6.33. The Labute approximate surface area is 109 Å². The summed E-state index contributed by atoms with van der Waals surface area (Å²) >= 11 is 0. The number of aromatic nitrogens is 1. The zero-order valence-electron chi connectivity index (χ0n) is 11.3. The number of hydrogen-bond acceptors (Lipinski definition) is 2. The first-order valence-corrected chi connectivity index (χ1v) is 6.33. The molecule has 0 saturated carbocycles. The number of nitrogens with zero attached hydrogens (tertiary/aromatic N) is 1. The fraction of sp³-hybridized carbons (Fsp3) is 0.312. The van der Waals surface area contributed by atoms with Crippen molar-refractivity contribution in [2.75, 3.05) is 7.05 Å². The van der Waals surface area contributed by atoms with Crippen LogP contribution in [0.15, 0.2) is 42.7 Å². The van der Waals surface area contributed by atoms with E-state index < -0.39 is 0 Å². The maximum Gasteiger partial charge on any atom is 0.0373 e. The molecule has 2 rings (SSSR count). The summed E-state index contributed by atoms with van der Waals surface area (Å²) in [5.74, 6) is 0. The van der Waals surface area contributed by atoms with Gasteiger partial charge in [-0.25, -0.2) is 0 Å². The highest BCUT2D eigenvalue weighted by atomic mass is 14.9. The van der Waals surface area contributed by atoms with Gasteiger partial charge in [0.2, 0.25) is 0 Å². The Balaban J connectivity index is 2.19. The summed E-state index contributed by atoms with van der Waals surface area (Å²) < 4.78 is 0. The minimum Gasteiger partial charge on any atom is -0.313 e. The van der Waals surface area contributed by atoms with Crippen molar-refractivity contribution in [1.29, 1.82) is 0 Å². The van der Waals surface area contributed by atoms with Crippen molar-refractivity contribution in [3.63, 3.8) is 0 Å². The summed E-state index contributed by atoms with van der Waals surface area (Å²) in [6.07, 6.45) is 4.83. The molecule has 1 aromatic carbocycles. The molecule has 0 spiro atoms. The first kappa shape index (κ1) is 12.8. The third kappa shape index (κ3) is 3.17. The van der Waals surface area contributed by atoms with Crippen molar-refractivity contribution in [2.24, 2.45) is 0 Å². The molecule has 0 aliphatic heterocycles. The molecule has 2 heteroatoms. The quantitative estimate of drug-likeness (QED) is 0.887. The lowest BCUT2D eigenvalue weighted by atomic mass is 9.98. The van der Waals surface area contributed by atoms with Crippen LogP contribution in [-0.4, -0.2) is 12.0 Å². The SMILES string of the molecule is CNC(Cc1cccc(C)c1)c1cncc(C)c1. The summed E-state index contributed by atoms with van der Waals surface area (Å²) in [5, 5.41) is 3.37. The predicted octanol–water partition coefficient (Wildman–Crippen LogP) is 3.20. The van der Waals surface area contributed by atoms with Crippen molar-refractivity contribution in [3.8, 4) is 0 Å². The van der Waals surface area contributed by atoms with Crippen LogP contribution in [0.3, 0.4) is 0 Å². The van der Waals surface area contributed by atoms with Gasteiger partial charge in [-0.2, -0.15) is 0 Å². The second-order valence-electron chi connectivity index (χ2n) is 4.83. The number of rotatable bonds is 4. The lowest BCUT2D eigenvalue weighted by Gasteiger charge is -2.17. The molecular weight excluding hydrogens is 220 g/mol. The fourth-order valence-corrected chi connectivity index (χ4v) is 2.23. The van der Waals surface area contributed by atoms with E-state index in [0.29, 0.717) is 6.04 Å². The van der Waals surface area contributed by atoms with Gasteiger partial charge in [0.25, 0.3) is 0 Å². The Hall–Kier alpha value is -1.67. The standard InChI is InChI=1S/C16H20N2/c1-12-5-4-6-14(7-12)9-16(17-3)15-8-13(2)10-18-11-15/h4-8,10-11,16-17H,9H2,1-3H3. The van der Waals surface area contributed by atoms with Gasteiger partial charge >= 0.3 is 0 Å². The van der Waals surface area contributed by atoms with E-state index >= 15 is 0 Å². The molecule has 0 aliphatic carbocycles. The van der Waals surface area contributed by atoms with Crippen LogP contribution in [-0.2, 0) is 6.42 Å². The minimum atomic E-state index is 0.319. The van der Waals surface area contributed by atoms with E-state index in [1.807, 2.05) is 19.4 Å². The molecule has 1 unspecified atom stereocenters. The van der Waals surface area contributed by atoms with E-state index in [-0.39, 0.29) is 0 Å². The van der Waals surface area contributed by atoms with E-state index in [0.717, 1.165) is 6.42 Å². The molecule has 0 aliphatic rings. The second kappa shape index (κ2) is 5.78.